The fourth-order valence-electron chi connectivity index (χ4n) is 3.46. The summed E-state index contributed by atoms with van der Waals surface area (Å²) in [5.41, 5.74) is 2.77. The Bertz CT molecular complexity index is 1210. The number of fused-ring (bicyclic) bond motifs is 1. The van der Waals surface area contributed by atoms with E-state index in [9.17, 15) is 14.3 Å². The van der Waals surface area contributed by atoms with Crippen LogP contribution < -0.4 is 4.74 Å². The van der Waals surface area contributed by atoms with Crippen LogP contribution in [0.15, 0.2) is 60.0 Å². The van der Waals surface area contributed by atoms with Gasteiger partial charge in [-0.05, 0) is 42.8 Å². The van der Waals surface area contributed by atoms with Gasteiger partial charge in [-0.25, -0.2) is 4.39 Å². The average Bonchev–Trinajstić information content (AvgIpc) is 3.11. The minimum atomic E-state index is -0.436. The number of aromatic hydroxyl groups is 1. The molecule has 0 saturated carbocycles. The van der Waals surface area contributed by atoms with Gasteiger partial charge in [-0.2, -0.15) is 0 Å². The van der Waals surface area contributed by atoms with E-state index in [1.807, 2.05) is 29.6 Å². The van der Waals surface area contributed by atoms with Gasteiger partial charge in [0.25, 0.3) is 0 Å². The standard InChI is InChI=1S/C23H17FO3S/c1-13-9-15(25)11-18(16-8-7-14(24)10-20(16)27-2)22(13)23(26)19-12-28-21-6-4-3-5-17(19)21/h3-12,25H,1-2H3. The fourth-order valence-corrected chi connectivity index (χ4v) is 4.40. The van der Waals surface area contributed by atoms with E-state index < -0.39 is 5.82 Å². The number of rotatable bonds is 4. The van der Waals surface area contributed by atoms with Gasteiger partial charge in [-0.15, -0.1) is 11.3 Å². The van der Waals surface area contributed by atoms with Crippen LogP contribution in [-0.2, 0) is 0 Å². The number of phenols is 1. The molecule has 0 atom stereocenters. The Balaban J connectivity index is 1.97. The summed E-state index contributed by atoms with van der Waals surface area (Å²) < 4.78 is 20.0. The molecule has 140 valence electrons. The number of aryl methyl sites for hydroxylation is 1. The highest BCUT2D eigenvalue weighted by molar-refractivity contribution is 7.17. The van der Waals surface area contributed by atoms with Gasteiger partial charge in [-0.3, -0.25) is 4.79 Å². The van der Waals surface area contributed by atoms with E-state index in [0.717, 1.165) is 10.1 Å². The fraction of sp³-hybridized carbons (Fsp3) is 0.0870. The number of ketones is 1. The van der Waals surface area contributed by atoms with Crippen molar-refractivity contribution in [2.24, 2.45) is 0 Å². The van der Waals surface area contributed by atoms with Gasteiger partial charge in [-0.1, -0.05) is 18.2 Å². The van der Waals surface area contributed by atoms with Gasteiger partial charge in [0.1, 0.15) is 17.3 Å². The lowest BCUT2D eigenvalue weighted by molar-refractivity contribution is 0.104. The number of thiophene rings is 1. The molecule has 1 heterocycles. The van der Waals surface area contributed by atoms with Crippen LogP contribution in [0.4, 0.5) is 4.39 Å². The first kappa shape index (κ1) is 18.2. The lowest BCUT2D eigenvalue weighted by Crippen LogP contribution is -2.06. The third kappa shape index (κ3) is 3.04. The maximum Gasteiger partial charge on any atom is 0.195 e. The topological polar surface area (TPSA) is 46.5 Å². The number of carbonyl (C=O) groups excluding carboxylic acids is 1. The highest BCUT2D eigenvalue weighted by atomic mass is 32.1. The Hall–Kier alpha value is -3.18. The first-order valence-electron chi connectivity index (χ1n) is 8.68. The number of hydrogen-bond acceptors (Lipinski definition) is 4. The van der Waals surface area contributed by atoms with Crippen LogP contribution in [0.3, 0.4) is 0 Å². The van der Waals surface area contributed by atoms with Crippen molar-refractivity contribution in [1.29, 1.82) is 0 Å². The highest BCUT2D eigenvalue weighted by Crippen LogP contribution is 2.39. The molecule has 4 rings (SSSR count). The molecule has 0 spiro atoms. The van der Waals surface area contributed by atoms with Crippen molar-refractivity contribution in [3.63, 3.8) is 0 Å². The molecule has 3 nitrogen and oxygen atoms in total. The van der Waals surface area contributed by atoms with Crippen LogP contribution in [0.5, 0.6) is 11.5 Å². The molecule has 4 aromatic rings. The normalized spacial score (nSPS) is 11.0. The molecule has 0 aliphatic carbocycles. The molecule has 5 heteroatoms. The second kappa shape index (κ2) is 7.09. The lowest BCUT2D eigenvalue weighted by atomic mass is 9.89. The maximum atomic E-state index is 13.7. The minimum absolute atomic E-state index is 0.0330. The maximum absolute atomic E-state index is 13.7. The zero-order valence-corrected chi connectivity index (χ0v) is 16.1. The number of carbonyl (C=O) groups is 1. The number of phenolic OH excluding ortho intramolecular Hbond substituents is 1. The minimum Gasteiger partial charge on any atom is -0.508 e. The Kier molecular flexibility index (Phi) is 4.61. The molecule has 1 N–H and O–H groups in total. The summed E-state index contributed by atoms with van der Waals surface area (Å²) in [5, 5.41) is 12.9. The van der Waals surface area contributed by atoms with Crippen molar-refractivity contribution in [2.45, 2.75) is 6.92 Å². The van der Waals surface area contributed by atoms with Crippen LogP contribution in [-0.4, -0.2) is 18.0 Å². The Morgan fingerprint density at radius 2 is 1.86 bits per heavy atom. The first-order valence-corrected chi connectivity index (χ1v) is 9.56. The van der Waals surface area contributed by atoms with Crippen molar-refractivity contribution in [1.82, 2.24) is 0 Å². The molecule has 1 aromatic heterocycles. The molecule has 0 bridgehead atoms. The van der Waals surface area contributed by atoms with Crippen molar-refractivity contribution < 1.29 is 19.0 Å². The monoisotopic (exact) mass is 392 g/mol. The van der Waals surface area contributed by atoms with Gasteiger partial charge in [0.15, 0.2) is 5.78 Å². The van der Waals surface area contributed by atoms with Gasteiger partial charge in [0.2, 0.25) is 0 Å². The largest absolute Gasteiger partial charge is 0.508 e. The molecule has 3 aromatic carbocycles. The van der Waals surface area contributed by atoms with E-state index in [4.69, 9.17) is 4.74 Å². The van der Waals surface area contributed by atoms with E-state index in [0.29, 0.717) is 33.6 Å². The number of halogens is 1. The first-order chi connectivity index (χ1) is 13.5. The van der Waals surface area contributed by atoms with Gasteiger partial charge in [0.05, 0.1) is 7.11 Å². The zero-order valence-electron chi connectivity index (χ0n) is 15.3. The molecular weight excluding hydrogens is 375 g/mol. The third-order valence-electron chi connectivity index (χ3n) is 4.73. The summed E-state index contributed by atoms with van der Waals surface area (Å²) in [5.74, 6) is -0.245. The SMILES string of the molecule is COc1cc(F)ccc1-c1cc(O)cc(C)c1C(=O)c1csc2ccccc12. The molecule has 0 radical (unpaired) electrons. The zero-order chi connectivity index (χ0) is 19.8. The molecular formula is C23H17FO3S. The Morgan fingerprint density at radius 1 is 1.07 bits per heavy atom. The Labute approximate surface area is 165 Å². The molecule has 0 amide bonds. The van der Waals surface area contributed by atoms with Crippen LogP contribution in [0.2, 0.25) is 0 Å². The van der Waals surface area contributed by atoms with Crippen LogP contribution in [0.25, 0.3) is 21.2 Å². The second-order valence-corrected chi connectivity index (χ2v) is 7.42. The molecule has 0 saturated heterocycles. The van der Waals surface area contributed by atoms with E-state index in [1.165, 1.54) is 36.6 Å². The highest BCUT2D eigenvalue weighted by Gasteiger charge is 2.23. The van der Waals surface area contributed by atoms with Crippen LogP contribution >= 0.6 is 11.3 Å². The number of hydrogen-bond donors (Lipinski definition) is 1. The van der Waals surface area contributed by atoms with Crippen LogP contribution in [0, 0.1) is 12.7 Å². The van der Waals surface area contributed by atoms with Gasteiger partial charge < -0.3 is 9.84 Å². The predicted octanol–water partition coefficient (Wildman–Crippen LogP) is 5.96. The molecule has 0 aliphatic rings. The van der Waals surface area contributed by atoms with E-state index in [-0.39, 0.29) is 11.5 Å². The molecule has 0 aliphatic heterocycles. The summed E-state index contributed by atoms with van der Waals surface area (Å²) in [6.45, 7) is 1.78. The van der Waals surface area contributed by atoms with Gasteiger partial charge >= 0.3 is 0 Å². The average molecular weight is 392 g/mol. The second-order valence-electron chi connectivity index (χ2n) is 6.50. The summed E-state index contributed by atoms with van der Waals surface area (Å²) in [6, 6.07) is 15.0. The van der Waals surface area contributed by atoms with Crippen LogP contribution in [0.1, 0.15) is 21.5 Å². The summed E-state index contributed by atoms with van der Waals surface area (Å²) in [7, 11) is 1.45. The number of ether oxygens (including phenoxy) is 1. The molecule has 0 unspecified atom stereocenters. The lowest BCUT2D eigenvalue weighted by Gasteiger charge is -2.15. The molecule has 28 heavy (non-hydrogen) atoms. The molecule has 0 fully saturated rings. The summed E-state index contributed by atoms with van der Waals surface area (Å²) in [4.78, 5) is 13.5. The van der Waals surface area contributed by atoms with E-state index in [1.54, 1.807) is 19.1 Å². The number of benzene rings is 3. The summed E-state index contributed by atoms with van der Waals surface area (Å²) in [6.07, 6.45) is 0. The van der Waals surface area contributed by atoms with Crippen molar-refractivity contribution in [2.75, 3.05) is 7.11 Å². The Morgan fingerprint density at radius 3 is 2.64 bits per heavy atom. The van der Waals surface area contributed by atoms with Crippen molar-refractivity contribution in [3.05, 3.63) is 82.5 Å². The smallest absolute Gasteiger partial charge is 0.195 e. The van der Waals surface area contributed by atoms with Gasteiger partial charge in [0, 0.05) is 43.8 Å². The third-order valence-corrected chi connectivity index (χ3v) is 5.69. The van der Waals surface area contributed by atoms with E-state index in [2.05, 4.69) is 0 Å². The van der Waals surface area contributed by atoms with Crippen molar-refractivity contribution >= 4 is 27.2 Å². The van der Waals surface area contributed by atoms with Crippen molar-refractivity contribution in [3.8, 4) is 22.6 Å². The van der Waals surface area contributed by atoms with E-state index >= 15 is 0 Å². The quantitative estimate of drug-likeness (QED) is 0.436. The summed E-state index contributed by atoms with van der Waals surface area (Å²) >= 11 is 1.51. The predicted molar refractivity (Wildman–Crippen MR) is 110 cm³/mol. The number of methoxy groups -OCH3 is 1.